The number of amides is 2. The second-order valence-corrected chi connectivity index (χ2v) is 16.0. The number of aliphatic carboxylic acids is 1. The van der Waals surface area contributed by atoms with Crippen molar-refractivity contribution in [1.29, 1.82) is 0 Å². The molecule has 15 heteroatoms. The number of carboxylic acid groups (broad SMARTS) is 1. The number of methoxy groups -OCH3 is 2. The van der Waals surface area contributed by atoms with Gasteiger partial charge in [-0.05, 0) is 59.0 Å². The van der Waals surface area contributed by atoms with Crippen molar-refractivity contribution in [1.82, 2.24) is 4.98 Å². The SMILES string of the molecule is COc1cc(Cc2cc(Oc3ccc(NC(=O)Nc4cc(C(C)(C)C)cc(S(C)(=O)=O)c4OC)c4ccccc34)ccn2)cc(OCCOCCOCC(=O)O)c1. The van der Waals surface area contributed by atoms with Gasteiger partial charge in [-0.25, -0.2) is 18.0 Å². The largest absolute Gasteiger partial charge is 0.497 e. The Hall–Kier alpha value is -5.90. The lowest BCUT2D eigenvalue weighted by molar-refractivity contribution is -0.142. The molecular weight excluding hydrogens is 755 g/mol. The first-order valence-electron chi connectivity index (χ1n) is 18.0. The molecule has 0 saturated heterocycles. The lowest BCUT2D eigenvalue weighted by Crippen LogP contribution is -2.22. The molecule has 1 heterocycles. The summed E-state index contributed by atoms with van der Waals surface area (Å²) >= 11 is 0. The Balaban J connectivity index is 1.28. The van der Waals surface area contributed by atoms with Crippen molar-refractivity contribution in [3.8, 4) is 28.7 Å². The maximum atomic E-state index is 13.5. The molecule has 0 radical (unpaired) electrons. The first-order chi connectivity index (χ1) is 27.1. The van der Waals surface area contributed by atoms with Crippen LogP contribution in [0.2, 0.25) is 0 Å². The molecule has 5 aromatic rings. The van der Waals surface area contributed by atoms with Crippen molar-refractivity contribution in [2.24, 2.45) is 0 Å². The van der Waals surface area contributed by atoms with E-state index in [2.05, 4.69) is 15.6 Å². The second kappa shape index (κ2) is 18.8. The van der Waals surface area contributed by atoms with E-state index in [0.29, 0.717) is 46.1 Å². The van der Waals surface area contributed by atoms with E-state index in [9.17, 15) is 18.0 Å². The number of ether oxygens (including phenoxy) is 6. The maximum absolute atomic E-state index is 13.5. The fourth-order valence-electron chi connectivity index (χ4n) is 5.84. The van der Waals surface area contributed by atoms with E-state index in [0.717, 1.165) is 22.9 Å². The van der Waals surface area contributed by atoms with Gasteiger partial charge in [0.2, 0.25) is 0 Å². The van der Waals surface area contributed by atoms with E-state index >= 15 is 0 Å². The number of hydrogen-bond donors (Lipinski definition) is 3. The molecular formula is C42H47N3O11S. The van der Waals surface area contributed by atoms with Gasteiger partial charge >= 0.3 is 12.0 Å². The molecule has 57 heavy (non-hydrogen) atoms. The number of nitrogens with one attached hydrogen (secondary N) is 2. The summed E-state index contributed by atoms with van der Waals surface area (Å²) in [4.78, 5) is 28.5. The van der Waals surface area contributed by atoms with Crippen LogP contribution in [-0.4, -0.2) is 84.0 Å². The van der Waals surface area contributed by atoms with E-state index in [1.54, 1.807) is 49.7 Å². The summed E-state index contributed by atoms with van der Waals surface area (Å²) in [5.41, 5.74) is 2.67. The summed E-state index contributed by atoms with van der Waals surface area (Å²) in [6, 6.07) is 22.9. The van der Waals surface area contributed by atoms with Gasteiger partial charge in [0, 0.05) is 47.5 Å². The number of fused-ring (bicyclic) bond motifs is 1. The second-order valence-electron chi connectivity index (χ2n) is 14.0. The number of pyridine rings is 1. The van der Waals surface area contributed by atoms with Crippen LogP contribution in [0.1, 0.15) is 37.6 Å². The van der Waals surface area contributed by atoms with Gasteiger partial charge in [0.05, 0.1) is 45.4 Å². The van der Waals surface area contributed by atoms with Crippen molar-refractivity contribution in [3.63, 3.8) is 0 Å². The third-order valence-corrected chi connectivity index (χ3v) is 9.68. The lowest BCUT2D eigenvalue weighted by atomic mass is 9.86. The highest BCUT2D eigenvalue weighted by atomic mass is 32.2. The van der Waals surface area contributed by atoms with Crippen LogP contribution in [0.15, 0.2) is 90.0 Å². The van der Waals surface area contributed by atoms with Gasteiger partial charge < -0.3 is 44.2 Å². The number of nitrogens with zero attached hydrogens (tertiary/aromatic N) is 1. The average Bonchev–Trinajstić information content (AvgIpc) is 3.15. The quantitative estimate of drug-likeness (QED) is 0.0745. The van der Waals surface area contributed by atoms with E-state index in [1.165, 1.54) is 7.11 Å². The molecule has 4 aromatic carbocycles. The smallest absolute Gasteiger partial charge is 0.329 e. The predicted molar refractivity (Wildman–Crippen MR) is 216 cm³/mol. The first kappa shape index (κ1) is 42.2. The number of benzene rings is 4. The van der Waals surface area contributed by atoms with Crippen LogP contribution in [-0.2, 0) is 35.9 Å². The van der Waals surface area contributed by atoms with Crippen molar-refractivity contribution in [3.05, 3.63) is 102 Å². The highest BCUT2D eigenvalue weighted by molar-refractivity contribution is 7.90. The summed E-state index contributed by atoms with van der Waals surface area (Å²) in [5, 5.41) is 15.8. The normalized spacial score (nSPS) is 11.5. The fraction of sp³-hybridized carbons (Fsp3) is 0.310. The molecule has 0 saturated carbocycles. The average molecular weight is 802 g/mol. The maximum Gasteiger partial charge on any atom is 0.329 e. The zero-order valence-corrected chi connectivity index (χ0v) is 33.5. The van der Waals surface area contributed by atoms with Crippen LogP contribution in [0.4, 0.5) is 16.2 Å². The monoisotopic (exact) mass is 801 g/mol. The molecule has 14 nitrogen and oxygen atoms in total. The molecule has 2 amide bonds. The molecule has 3 N–H and O–H groups in total. The number of sulfone groups is 1. The molecule has 0 aliphatic heterocycles. The third-order valence-electron chi connectivity index (χ3n) is 8.58. The van der Waals surface area contributed by atoms with Crippen LogP contribution in [0.3, 0.4) is 0 Å². The van der Waals surface area contributed by atoms with Gasteiger partial charge in [0.25, 0.3) is 0 Å². The summed E-state index contributed by atoms with van der Waals surface area (Å²) in [7, 11) is -0.742. The molecule has 0 aliphatic carbocycles. The van der Waals surface area contributed by atoms with Crippen LogP contribution in [0.5, 0.6) is 28.7 Å². The Morgan fingerprint density at radius 2 is 1.47 bits per heavy atom. The van der Waals surface area contributed by atoms with Crippen LogP contribution in [0, 0.1) is 0 Å². The predicted octanol–water partition coefficient (Wildman–Crippen LogP) is 7.48. The Kier molecular flexibility index (Phi) is 14.0. The molecule has 0 bridgehead atoms. The topological polar surface area (TPSA) is 181 Å². The van der Waals surface area contributed by atoms with Gasteiger partial charge in [-0.1, -0.05) is 45.0 Å². The minimum atomic E-state index is -3.68. The summed E-state index contributed by atoms with van der Waals surface area (Å²) in [6.07, 6.45) is 3.22. The van der Waals surface area contributed by atoms with E-state index in [4.69, 9.17) is 33.5 Å². The highest BCUT2D eigenvalue weighted by Crippen LogP contribution is 2.39. The highest BCUT2D eigenvalue weighted by Gasteiger charge is 2.25. The van der Waals surface area contributed by atoms with Gasteiger partial charge in [-0.3, -0.25) is 4.98 Å². The van der Waals surface area contributed by atoms with Crippen molar-refractivity contribution >= 4 is 44.0 Å². The first-order valence-corrected chi connectivity index (χ1v) is 19.9. The van der Waals surface area contributed by atoms with Gasteiger partial charge in [0.15, 0.2) is 15.6 Å². The van der Waals surface area contributed by atoms with Crippen molar-refractivity contribution in [2.45, 2.75) is 37.5 Å². The molecule has 0 aliphatic rings. The van der Waals surface area contributed by atoms with Crippen LogP contribution >= 0.6 is 0 Å². The van der Waals surface area contributed by atoms with Gasteiger partial charge in [0.1, 0.15) is 41.1 Å². The van der Waals surface area contributed by atoms with Crippen molar-refractivity contribution < 1.29 is 51.5 Å². The number of hydrogen-bond acceptors (Lipinski definition) is 11. The molecule has 1 aromatic heterocycles. The van der Waals surface area contributed by atoms with Crippen LogP contribution in [0.25, 0.3) is 10.8 Å². The molecule has 0 fully saturated rings. The Morgan fingerprint density at radius 3 is 2.18 bits per heavy atom. The van der Waals surface area contributed by atoms with Gasteiger partial charge in [-0.15, -0.1) is 0 Å². The minimum absolute atomic E-state index is 0.0146. The zero-order chi connectivity index (χ0) is 41.2. The van der Waals surface area contributed by atoms with Crippen molar-refractivity contribution in [2.75, 3.05) is 64.1 Å². The van der Waals surface area contributed by atoms with Crippen LogP contribution < -0.4 is 29.6 Å². The summed E-state index contributed by atoms with van der Waals surface area (Å²) < 4.78 is 59.0. The number of carbonyl (C=O) groups is 2. The Bertz CT molecular complexity index is 2330. The standard InChI is InChI=1S/C42H47N3O11S/c1-42(2,3)28-22-36(40(52-5)38(23-28)57(6,49)50)45-41(48)44-35-11-12-37(34-10-8-7-9-33(34)35)56-30-13-14-43-29(24-30)19-27-20-31(51-4)25-32(21-27)55-18-17-53-15-16-54-26-39(46)47/h7-14,20-25H,15-19,26H2,1-6H3,(H,46,47)(H2,44,45,48). The lowest BCUT2D eigenvalue weighted by Gasteiger charge is -2.23. The number of aromatic nitrogens is 1. The summed E-state index contributed by atoms with van der Waals surface area (Å²) in [6.45, 7) is 6.47. The van der Waals surface area contributed by atoms with E-state index in [1.807, 2.05) is 63.2 Å². The minimum Gasteiger partial charge on any atom is -0.497 e. The number of anilines is 2. The fourth-order valence-corrected chi connectivity index (χ4v) is 6.71. The zero-order valence-electron chi connectivity index (χ0n) is 32.7. The number of rotatable bonds is 18. The van der Waals surface area contributed by atoms with E-state index in [-0.39, 0.29) is 49.4 Å². The van der Waals surface area contributed by atoms with E-state index < -0.39 is 27.3 Å². The Morgan fingerprint density at radius 1 is 0.772 bits per heavy atom. The number of carboxylic acids is 1. The Labute approximate surface area is 332 Å². The molecule has 0 spiro atoms. The number of carbonyl (C=O) groups excluding carboxylic acids is 1. The van der Waals surface area contributed by atoms with Gasteiger partial charge in [-0.2, -0.15) is 0 Å². The molecule has 0 unspecified atom stereocenters. The third kappa shape index (κ3) is 11.8. The molecule has 302 valence electrons. The number of urea groups is 1. The molecule has 0 atom stereocenters. The summed E-state index contributed by atoms with van der Waals surface area (Å²) in [5.74, 6) is 1.33. The molecule has 5 rings (SSSR count).